The maximum absolute atomic E-state index is 5.50. The fourth-order valence-corrected chi connectivity index (χ4v) is 3.35. The van der Waals surface area contributed by atoms with Gasteiger partial charge in [-0.1, -0.05) is 12.1 Å². The number of rotatable bonds is 3. The van der Waals surface area contributed by atoms with Gasteiger partial charge in [-0.3, -0.25) is 0 Å². The predicted octanol–water partition coefficient (Wildman–Crippen LogP) is 3.13. The molecule has 1 aliphatic heterocycles. The van der Waals surface area contributed by atoms with E-state index in [4.69, 9.17) is 9.72 Å². The topological polar surface area (TPSA) is 34.1 Å². The average Bonchev–Trinajstić information content (AvgIpc) is 2.84. The summed E-state index contributed by atoms with van der Waals surface area (Å²) < 4.78 is 6.76. The Balaban J connectivity index is 1.72. The van der Waals surface area contributed by atoms with E-state index in [1.165, 1.54) is 16.1 Å². The van der Waals surface area contributed by atoms with Crippen LogP contribution in [0, 0.1) is 0 Å². The van der Waals surface area contributed by atoms with Gasteiger partial charge in [-0.05, 0) is 31.9 Å². The number of aromatic nitrogens is 1. The highest BCUT2D eigenvalue weighted by Crippen LogP contribution is 2.26. The Morgan fingerprint density at radius 2 is 2.33 bits per heavy atom. The Morgan fingerprint density at radius 1 is 1.44 bits per heavy atom. The number of nitrogens with one attached hydrogen (secondary N) is 1. The molecule has 2 aromatic rings. The first-order valence-corrected chi connectivity index (χ1v) is 7.34. The van der Waals surface area contributed by atoms with Gasteiger partial charge in [0.15, 0.2) is 0 Å². The number of para-hydroxylation sites is 1. The lowest BCUT2D eigenvalue weighted by Crippen LogP contribution is -2.38. The van der Waals surface area contributed by atoms with Gasteiger partial charge >= 0.3 is 0 Å². The number of thiazole rings is 1. The summed E-state index contributed by atoms with van der Waals surface area (Å²) in [5.41, 5.74) is 1.10. The van der Waals surface area contributed by atoms with Crippen LogP contribution in [0.3, 0.4) is 0 Å². The molecule has 1 fully saturated rings. The van der Waals surface area contributed by atoms with E-state index in [1.54, 1.807) is 11.3 Å². The lowest BCUT2D eigenvalue weighted by Gasteiger charge is -2.25. The van der Waals surface area contributed by atoms with E-state index >= 15 is 0 Å². The van der Waals surface area contributed by atoms with Gasteiger partial charge in [0.25, 0.3) is 0 Å². The highest BCUT2D eigenvalue weighted by molar-refractivity contribution is 7.18. The van der Waals surface area contributed by atoms with E-state index in [-0.39, 0.29) is 0 Å². The Hall–Kier alpha value is -0.970. The van der Waals surface area contributed by atoms with E-state index in [0.717, 1.165) is 25.2 Å². The third-order valence-electron chi connectivity index (χ3n) is 3.33. The van der Waals surface area contributed by atoms with Crippen molar-refractivity contribution in [1.82, 2.24) is 10.3 Å². The third kappa shape index (κ3) is 2.55. The standard InChI is InChI=1S/C14H18N2OS/c1-10(15-11-5-4-8-17-9-11)14-16-12-6-2-3-7-13(12)18-14/h2-3,6-7,10-11,15H,4-5,8-9H2,1H3. The molecule has 0 aliphatic carbocycles. The summed E-state index contributed by atoms with van der Waals surface area (Å²) in [4.78, 5) is 4.69. The molecule has 0 bridgehead atoms. The molecule has 96 valence electrons. The molecule has 3 nitrogen and oxygen atoms in total. The van der Waals surface area contributed by atoms with E-state index in [9.17, 15) is 0 Å². The summed E-state index contributed by atoms with van der Waals surface area (Å²) in [6.45, 7) is 3.93. The highest BCUT2D eigenvalue weighted by Gasteiger charge is 2.18. The van der Waals surface area contributed by atoms with Crippen LogP contribution in [0.2, 0.25) is 0 Å². The Bertz CT molecular complexity index is 486. The summed E-state index contributed by atoms with van der Waals surface area (Å²) >= 11 is 1.78. The molecule has 3 rings (SSSR count). The summed E-state index contributed by atoms with van der Waals surface area (Å²) in [5.74, 6) is 0. The van der Waals surface area contributed by atoms with Crippen LogP contribution in [0.25, 0.3) is 10.2 Å². The quantitative estimate of drug-likeness (QED) is 0.922. The summed E-state index contributed by atoms with van der Waals surface area (Å²) in [6.07, 6.45) is 2.36. The van der Waals surface area contributed by atoms with Crippen molar-refractivity contribution in [2.24, 2.45) is 0 Å². The lowest BCUT2D eigenvalue weighted by molar-refractivity contribution is 0.0671. The second kappa shape index (κ2) is 5.34. The molecule has 18 heavy (non-hydrogen) atoms. The molecule has 1 N–H and O–H groups in total. The van der Waals surface area contributed by atoms with Gasteiger partial charge in [0.1, 0.15) is 5.01 Å². The van der Waals surface area contributed by atoms with Crippen molar-refractivity contribution in [2.45, 2.75) is 31.8 Å². The number of nitrogens with zero attached hydrogens (tertiary/aromatic N) is 1. The van der Waals surface area contributed by atoms with Crippen molar-refractivity contribution in [3.63, 3.8) is 0 Å². The maximum Gasteiger partial charge on any atom is 0.111 e. The van der Waals surface area contributed by atoms with Crippen LogP contribution < -0.4 is 5.32 Å². The number of ether oxygens (including phenoxy) is 1. The first kappa shape index (κ1) is 12.1. The highest BCUT2D eigenvalue weighted by atomic mass is 32.1. The smallest absolute Gasteiger partial charge is 0.111 e. The first-order chi connectivity index (χ1) is 8.83. The molecule has 1 saturated heterocycles. The minimum atomic E-state index is 0.300. The second-order valence-electron chi connectivity index (χ2n) is 4.82. The molecule has 0 spiro atoms. The van der Waals surface area contributed by atoms with Crippen molar-refractivity contribution in [3.05, 3.63) is 29.3 Å². The fourth-order valence-electron chi connectivity index (χ4n) is 2.37. The number of benzene rings is 1. The van der Waals surface area contributed by atoms with Crippen molar-refractivity contribution < 1.29 is 4.74 Å². The summed E-state index contributed by atoms with van der Waals surface area (Å²) in [5, 5.41) is 4.79. The maximum atomic E-state index is 5.50. The van der Waals surface area contributed by atoms with Crippen molar-refractivity contribution >= 4 is 21.6 Å². The van der Waals surface area contributed by atoms with E-state index in [2.05, 4.69) is 30.4 Å². The minimum Gasteiger partial charge on any atom is -0.380 e. The Kier molecular flexibility index (Phi) is 3.59. The molecule has 0 saturated carbocycles. The zero-order valence-electron chi connectivity index (χ0n) is 10.6. The van der Waals surface area contributed by atoms with Gasteiger partial charge in [0, 0.05) is 12.6 Å². The average molecular weight is 262 g/mol. The van der Waals surface area contributed by atoms with Crippen molar-refractivity contribution in [2.75, 3.05) is 13.2 Å². The van der Waals surface area contributed by atoms with Crippen molar-refractivity contribution in [3.8, 4) is 0 Å². The van der Waals surface area contributed by atoms with Crippen molar-refractivity contribution in [1.29, 1.82) is 0 Å². The van der Waals surface area contributed by atoms with Crippen LogP contribution in [-0.4, -0.2) is 24.2 Å². The van der Waals surface area contributed by atoms with E-state index < -0.39 is 0 Å². The molecule has 0 amide bonds. The van der Waals surface area contributed by atoms with Crippen LogP contribution in [0.5, 0.6) is 0 Å². The molecular weight excluding hydrogens is 244 g/mol. The molecule has 1 aromatic heterocycles. The van der Waals surface area contributed by atoms with Gasteiger partial charge < -0.3 is 10.1 Å². The van der Waals surface area contributed by atoms with E-state index in [1.807, 2.05) is 6.07 Å². The molecule has 2 heterocycles. The zero-order valence-corrected chi connectivity index (χ0v) is 11.4. The van der Waals surface area contributed by atoms with Gasteiger partial charge in [-0.2, -0.15) is 0 Å². The van der Waals surface area contributed by atoms with Gasteiger partial charge in [-0.25, -0.2) is 4.98 Å². The summed E-state index contributed by atoms with van der Waals surface area (Å²) in [7, 11) is 0. The molecule has 2 atom stereocenters. The molecule has 1 aliphatic rings. The largest absolute Gasteiger partial charge is 0.380 e. The summed E-state index contributed by atoms with van der Waals surface area (Å²) in [6, 6.07) is 9.09. The predicted molar refractivity (Wildman–Crippen MR) is 75.0 cm³/mol. The Labute approximate surface area is 111 Å². The first-order valence-electron chi connectivity index (χ1n) is 6.52. The minimum absolute atomic E-state index is 0.300. The van der Waals surface area contributed by atoms with Gasteiger partial charge in [-0.15, -0.1) is 11.3 Å². The van der Waals surface area contributed by atoms with Gasteiger partial charge in [0.2, 0.25) is 0 Å². The number of fused-ring (bicyclic) bond motifs is 1. The molecule has 0 radical (unpaired) electrons. The monoisotopic (exact) mass is 262 g/mol. The van der Waals surface area contributed by atoms with Crippen LogP contribution in [-0.2, 0) is 4.74 Å². The molecule has 1 aromatic carbocycles. The SMILES string of the molecule is CC(NC1CCCOC1)c1nc2ccccc2s1. The van der Waals surface area contributed by atoms with Crippen LogP contribution in [0.1, 0.15) is 30.8 Å². The van der Waals surface area contributed by atoms with Gasteiger partial charge in [0.05, 0.1) is 22.9 Å². The lowest BCUT2D eigenvalue weighted by atomic mass is 10.1. The number of hydrogen-bond acceptors (Lipinski definition) is 4. The molecule has 4 heteroatoms. The Morgan fingerprint density at radius 3 is 3.11 bits per heavy atom. The fraction of sp³-hybridized carbons (Fsp3) is 0.500. The van der Waals surface area contributed by atoms with Crippen LogP contribution in [0.4, 0.5) is 0 Å². The van der Waals surface area contributed by atoms with Crippen LogP contribution >= 0.6 is 11.3 Å². The zero-order chi connectivity index (χ0) is 12.4. The third-order valence-corrected chi connectivity index (χ3v) is 4.55. The molecular formula is C14H18N2OS. The van der Waals surface area contributed by atoms with Crippen LogP contribution in [0.15, 0.2) is 24.3 Å². The second-order valence-corrected chi connectivity index (χ2v) is 5.88. The van der Waals surface area contributed by atoms with E-state index in [0.29, 0.717) is 12.1 Å². The number of hydrogen-bond donors (Lipinski definition) is 1. The molecule has 2 unspecified atom stereocenters. The normalized spacial score (nSPS) is 22.2.